The third-order valence-electron chi connectivity index (χ3n) is 7.02. The fourth-order valence-electron chi connectivity index (χ4n) is 5.20. The highest BCUT2D eigenvalue weighted by atomic mass is 32.1. The largest absolute Gasteiger partial charge is 0.370 e. The molecule has 180 valence electrons. The normalized spacial score (nSPS) is 18.5. The number of benzene rings is 2. The Labute approximate surface area is 209 Å². The van der Waals surface area contributed by atoms with Crippen LogP contribution in [0, 0.1) is 5.92 Å². The molecule has 2 atom stereocenters. The average Bonchev–Trinajstić information content (AvgIpc) is 3.51. The number of hydrogen-bond acceptors (Lipinski definition) is 5. The zero-order valence-corrected chi connectivity index (χ0v) is 20.8. The highest BCUT2D eigenvalue weighted by Crippen LogP contribution is 2.38. The van der Waals surface area contributed by atoms with Crippen LogP contribution in [-0.2, 0) is 11.3 Å². The molecule has 0 bridgehead atoms. The second-order valence-electron chi connectivity index (χ2n) is 9.34. The summed E-state index contributed by atoms with van der Waals surface area (Å²) in [5, 5.41) is 1.95. The maximum Gasteiger partial charge on any atom is 0.264 e. The van der Waals surface area contributed by atoms with Gasteiger partial charge in [-0.25, -0.2) is 0 Å². The van der Waals surface area contributed by atoms with Gasteiger partial charge in [0.2, 0.25) is 5.91 Å². The lowest BCUT2D eigenvalue weighted by atomic mass is 9.94. The fraction of sp³-hybridized carbons (Fsp3) is 0.321. The van der Waals surface area contributed by atoms with Crippen LogP contribution in [0.15, 0.2) is 66.0 Å². The van der Waals surface area contributed by atoms with Gasteiger partial charge in [0.05, 0.1) is 28.8 Å². The lowest BCUT2D eigenvalue weighted by Crippen LogP contribution is -2.44. The zero-order chi connectivity index (χ0) is 24.5. The van der Waals surface area contributed by atoms with E-state index < -0.39 is 0 Å². The monoisotopic (exact) mass is 487 g/mol. The quantitative estimate of drug-likeness (QED) is 0.460. The van der Waals surface area contributed by atoms with Crippen LogP contribution in [0.2, 0.25) is 0 Å². The molecule has 6 nitrogen and oxygen atoms in total. The van der Waals surface area contributed by atoms with Crippen molar-refractivity contribution in [2.24, 2.45) is 5.92 Å². The summed E-state index contributed by atoms with van der Waals surface area (Å²) in [5.74, 6) is -0.542. The van der Waals surface area contributed by atoms with E-state index in [1.807, 2.05) is 73.9 Å². The Morgan fingerprint density at radius 3 is 2.60 bits per heavy atom. The van der Waals surface area contributed by atoms with Gasteiger partial charge in [-0.2, -0.15) is 0 Å². The van der Waals surface area contributed by atoms with Gasteiger partial charge in [-0.05, 0) is 48.9 Å². The molecular formula is C28H29N3O3S. The van der Waals surface area contributed by atoms with Gasteiger partial charge in [-0.3, -0.25) is 19.3 Å². The van der Waals surface area contributed by atoms with E-state index in [1.165, 1.54) is 4.90 Å². The molecule has 3 heterocycles. The van der Waals surface area contributed by atoms with Crippen molar-refractivity contribution in [1.29, 1.82) is 0 Å². The first-order chi connectivity index (χ1) is 17.0. The van der Waals surface area contributed by atoms with Crippen molar-refractivity contribution >= 4 is 34.7 Å². The number of carbonyl (C=O) groups excluding carboxylic acids is 3. The Balaban J connectivity index is 1.36. The minimum absolute atomic E-state index is 0.112. The summed E-state index contributed by atoms with van der Waals surface area (Å²) in [6.07, 6.45) is 1.68. The number of piperidine rings is 1. The third kappa shape index (κ3) is 4.36. The fourth-order valence-corrected chi connectivity index (χ4v) is 5.98. The van der Waals surface area contributed by atoms with E-state index in [4.69, 9.17) is 0 Å². The molecule has 2 aliphatic rings. The predicted octanol–water partition coefficient (Wildman–Crippen LogP) is 4.98. The number of amides is 3. The smallest absolute Gasteiger partial charge is 0.264 e. The van der Waals surface area contributed by atoms with Crippen LogP contribution < -0.4 is 4.90 Å². The topological polar surface area (TPSA) is 60.9 Å². The summed E-state index contributed by atoms with van der Waals surface area (Å²) in [5.41, 5.74) is 2.77. The number of anilines is 1. The maximum absolute atomic E-state index is 13.5. The Morgan fingerprint density at radius 2 is 1.86 bits per heavy atom. The number of fused-ring (bicyclic) bond motifs is 1. The van der Waals surface area contributed by atoms with Gasteiger partial charge in [0.15, 0.2) is 0 Å². The van der Waals surface area contributed by atoms with Crippen LogP contribution in [0.4, 0.5) is 5.69 Å². The number of imide groups is 1. The molecule has 1 aromatic heterocycles. The van der Waals surface area contributed by atoms with Gasteiger partial charge < -0.3 is 9.80 Å². The van der Waals surface area contributed by atoms with E-state index >= 15 is 0 Å². The van der Waals surface area contributed by atoms with E-state index in [0.29, 0.717) is 24.2 Å². The molecule has 3 aromatic rings. The molecule has 0 spiro atoms. The summed E-state index contributed by atoms with van der Waals surface area (Å²) in [6, 6.07) is 19.0. The van der Waals surface area contributed by atoms with E-state index in [9.17, 15) is 14.4 Å². The number of rotatable bonds is 6. The van der Waals surface area contributed by atoms with Crippen molar-refractivity contribution in [1.82, 2.24) is 9.80 Å². The first kappa shape index (κ1) is 23.3. The van der Waals surface area contributed by atoms with Gasteiger partial charge in [-0.1, -0.05) is 42.5 Å². The van der Waals surface area contributed by atoms with Gasteiger partial charge in [0, 0.05) is 31.6 Å². The van der Waals surface area contributed by atoms with Gasteiger partial charge in [0.25, 0.3) is 11.8 Å². The minimum Gasteiger partial charge on any atom is -0.370 e. The van der Waals surface area contributed by atoms with Crippen LogP contribution >= 0.6 is 11.3 Å². The molecule has 0 aliphatic carbocycles. The number of hydrogen-bond donors (Lipinski definition) is 0. The Hall–Kier alpha value is -3.45. The highest BCUT2D eigenvalue weighted by Gasteiger charge is 2.42. The molecule has 5 rings (SSSR count). The molecule has 7 heteroatoms. The van der Waals surface area contributed by atoms with E-state index in [1.54, 1.807) is 22.3 Å². The lowest BCUT2D eigenvalue weighted by molar-refractivity contribution is -0.135. The second-order valence-corrected chi connectivity index (χ2v) is 10.3. The predicted molar refractivity (Wildman–Crippen MR) is 138 cm³/mol. The zero-order valence-electron chi connectivity index (χ0n) is 20.0. The number of thiophene rings is 1. The lowest BCUT2D eigenvalue weighted by Gasteiger charge is -2.36. The summed E-state index contributed by atoms with van der Waals surface area (Å²) < 4.78 is 0. The first-order valence-electron chi connectivity index (χ1n) is 12.0. The number of nitrogens with zero attached hydrogens (tertiary/aromatic N) is 3. The molecular weight excluding hydrogens is 458 g/mol. The van der Waals surface area contributed by atoms with E-state index in [2.05, 4.69) is 4.90 Å². The van der Waals surface area contributed by atoms with Crippen molar-refractivity contribution in [3.63, 3.8) is 0 Å². The van der Waals surface area contributed by atoms with Crippen LogP contribution in [0.3, 0.4) is 0 Å². The van der Waals surface area contributed by atoms with Crippen LogP contribution in [0.1, 0.15) is 57.0 Å². The maximum atomic E-state index is 13.5. The molecule has 0 N–H and O–H groups in total. The molecule has 1 saturated heterocycles. The van der Waals surface area contributed by atoms with Crippen molar-refractivity contribution in [3.05, 3.63) is 87.6 Å². The van der Waals surface area contributed by atoms with Gasteiger partial charge in [0.1, 0.15) is 0 Å². The van der Waals surface area contributed by atoms with Crippen molar-refractivity contribution < 1.29 is 14.4 Å². The van der Waals surface area contributed by atoms with Crippen molar-refractivity contribution in [3.8, 4) is 0 Å². The number of carbonyl (C=O) groups is 3. The summed E-state index contributed by atoms with van der Waals surface area (Å²) in [7, 11) is 1.85. The minimum atomic E-state index is -0.322. The average molecular weight is 488 g/mol. The molecule has 2 aromatic carbocycles. The van der Waals surface area contributed by atoms with Crippen molar-refractivity contribution in [2.75, 3.05) is 25.0 Å². The summed E-state index contributed by atoms with van der Waals surface area (Å²) in [4.78, 5) is 46.3. The third-order valence-corrected chi connectivity index (χ3v) is 8.06. The molecule has 3 amide bonds. The first-order valence-corrected chi connectivity index (χ1v) is 12.9. The van der Waals surface area contributed by atoms with Crippen LogP contribution in [0.5, 0.6) is 0 Å². The van der Waals surface area contributed by atoms with Crippen LogP contribution in [0.25, 0.3) is 0 Å². The van der Waals surface area contributed by atoms with Crippen molar-refractivity contribution in [2.45, 2.75) is 32.4 Å². The Bertz CT molecular complexity index is 1240. The molecule has 0 unspecified atom stereocenters. The van der Waals surface area contributed by atoms with Crippen LogP contribution in [-0.4, -0.2) is 47.7 Å². The molecule has 0 saturated carbocycles. The molecule has 1 fully saturated rings. The Kier molecular flexibility index (Phi) is 6.43. The van der Waals surface area contributed by atoms with Gasteiger partial charge >= 0.3 is 0 Å². The highest BCUT2D eigenvalue weighted by molar-refractivity contribution is 7.10. The molecule has 0 radical (unpaired) electrons. The summed E-state index contributed by atoms with van der Waals surface area (Å²) >= 11 is 1.54. The second kappa shape index (κ2) is 9.66. The SMILES string of the molecule is C[C@H](c1cccs1)N1C(=O)c2cccc(N3CCC[C@@H](C(=O)N(C)Cc4ccccc4)C3)c2C1=O. The summed E-state index contributed by atoms with van der Waals surface area (Å²) in [6.45, 7) is 3.76. The molecule has 35 heavy (non-hydrogen) atoms. The van der Waals surface area contributed by atoms with E-state index in [0.717, 1.165) is 35.5 Å². The van der Waals surface area contributed by atoms with Gasteiger partial charge in [-0.15, -0.1) is 11.3 Å². The Morgan fingerprint density at radius 1 is 1.06 bits per heavy atom. The van der Waals surface area contributed by atoms with E-state index in [-0.39, 0.29) is 29.7 Å². The molecule has 2 aliphatic heterocycles. The standard InChI is InChI=1S/C28H29N3O3S/c1-19(24-14-8-16-35-24)31-27(33)22-12-6-13-23(25(22)28(31)34)30-15-7-11-21(18-30)26(32)29(2)17-20-9-4-3-5-10-20/h3-6,8-10,12-14,16,19,21H,7,11,15,17-18H2,1-2H3/t19-,21-/m1/s1.